The number of hydrogen-bond acceptors (Lipinski definition) is 6. The van der Waals surface area contributed by atoms with Gasteiger partial charge in [-0.1, -0.05) is 6.07 Å². The number of halogens is 3. The highest BCUT2D eigenvalue weighted by Gasteiger charge is 2.36. The predicted octanol–water partition coefficient (Wildman–Crippen LogP) is 2.51. The van der Waals surface area contributed by atoms with E-state index in [9.17, 15) is 32.7 Å². The summed E-state index contributed by atoms with van der Waals surface area (Å²) in [6.45, 7) is 6.31. The van der Waals surface area contributed by atoms with Gasteiger partial charge in [-0.15, -0.1) is 0 Å². The monoisotopic (exact) mass is 457 g/mol. The number of pyridine rings is 1. The zero-order valence-corrected chi connectivity index (χ0v) is 17.6. The van der Waals surface area contributed by atoms with Crippen LogP contribution in [0.4, 0.5) is 18.0 Å². The first kappa shape index (κ1) is 24.6. The van der Waals surface area contributed by atoms with Crippen LogP contribution in [0.15, 0.2) is 24.3 Å². The highest BCUT2D eigenvalue weighted by Crippen LogP contribution is 2.29. The molecule has 1 unspecified atom stereocenters. The number of rotatable bonds is 6. The van der Waals surface area contributed by atoms with Crippen LogP contribution < -0.4 is 10.6 Å². The van der Waals surface area contributed by atoms with Gasteiger partial charge in [-0.05, 0) is 39.8 Å². The SMILES string of the molecule is CC(NC(=O)OC(C)(C)C)C(=O)NCc1cccc(-n2nc(C(F)(F)F)cc2C(=O)O)n1. The predicted molar refractivity (Wildman–Crippen MR) is 104 cm³/mol. The lowest BCUT2D eigenvalue weighted by atomic mass is 10.2. The molecule has 2 heterocycles. The minimum atomic E-state index is -4.84. The Labute approximate surface area is 180 Å². The molecule has 0 radical (unpaired) electrons. The van der Waals surface area contributed by atoms with Crippen molar-refractivity contribution in [3.05, 3.63) is 41.3 Å². The first-order chi connectivity index (χ1) is 14.7. The first-order valence-corrected chi connectivity index (χ1v) is 9.31. The number of ether oxygens (including phenoxy) is 1. The average Bonchev–Trinajstić information content (AvgIpc) is 3.11. The molecule has 0 spiro atoms. The number of nitrogens with one attached hydrogen (secondary N) is 2. The number of aromatic nitrogens is 3. The molecule has 13 heteroatoms. The van der Waals surface area contributed by atoms with Gasteiger partial charge in [0.05, 0.1) is 12.2 Å². The highest BCUT2D eigenvalue weighted by molar-refractivity contribution is 5.86. The molecule has 0 fully saturated rings. The first-order valence-electron chi connectivity index (χ1n) is 9.31. The Kier molecular flexibility index (Phi) is 7.11. The van der Waals surface area contributed by atoms with E-state index in [1.165, 1.54) is 25.1 Å². The Bertz CT molecular complexity index is 1010. The molecule has 3 N–H and O–H groups in total. The van der Waals surface area contributed by atoms with E-state index in [-0.39, 0.29) is 18.1 Å². The third-order valence-electron chi connectivity index (χ3n) is 3.80. The number of carbonyl (C=O) groups excluding carboxylic acids is 2. The van der Waals surface area contributed by atoms with Crippen LogP contribution in [0.5, 0.6) is 0 Å². The third-order valence-corrected chi connectivity index (χ3v) is 3.80. The minimum absolute atomic E-state index is 0.136. The lowest BCUT2D eigenvalue weighted by Crippen LogP contribution is -2.46. The van der Waals surface area contributed by atoms with Gasteiger partial charge in [-0.3, -0.25) is 4.79 Å². The van der Waals surface area contributed by atoms with Gasteiger partial charge in [0.25, 0.3) is 0 Å². The van der Waals surface area contributed by atoms with Gasteiger partial charge in [0.2, 0.25) is 5.91 Å². The summed E-state index contributed by atoms with van der Waals surface area (Å²) in [5.41, 5.74) is -2.61. The molecule has 0 saturated heterocycles. The fourth-order valence-corrected chi connectivity index (χ4v) is 2.41. The number of nitrogens with zero attached hydrogens (tertiary/aromatic N) is 3. The van der Waals surface area contributed by atoms with Crippen molar-refractivity contribution in [2.75, 3.05) is 0 Å². The summed E-state index contributed by atoms with van der Waals surface area (Å²) in [6.07, 6.45) is -5.61. The lowest BCUT2D eigenvalue weighted by molar-refractivity contribution is -0.141. The molecule has 10 nitrogen and oxygen atoms in total. The normalized spacial score (nSPS) is 12.7. The van der Waals surface area contributed by atoms with Crippen molar-refractivity contribution in [2.45, 2.75) is 52.1 Å². The number of amides is 2. The molecule has 0 aliphatic rings. The van der Waals surface area contributed by atoms with Crippen molar-refractivity contribution in [1.82, 2.24) is 25.4 Å². The maximum atomic E-state index is 12.9. The van der Waals surface area contributed by atoms with E-state index in [0.29, 0.717) is 10.7 Å². The maximum absolute atomic E-state index is 12.9. The minimum Gasteiger partial charge on any atom is -0.477 e. The summed E-state index contributed by atoms with van der Waals surface area (Å²) in [6, 6.07) is 3.64. The van der Waals surface area contributed by atoms with E-state index in [4.69, 9.17) is 4.74 Å². The van der Waals surface area contributed by atoms with Crippen LogP contribution >= 0.6 is 0 Å². The molecule has 2 aromatic heterocycles. The van der Waals surface area contributed by atoms with E-state index in [2.05, 4.69) is 20.7 Å². The van der Waals surface area contributed by atoms with Crippen LogP contribution in [0.25, 0.3) is 5.82 Å². The van der Waals surface area contributed by atoms with E-state index < -0.39 is 47.2 Å². The topological polar surface area (TPSA) is 135 Å². The Morgan fingerprint density at radius 1 is 1.22 bits per heavy atom. The van der Waals surface area contributed by atoms with E-state index in [0.717, 1.165) is 0 Å². The van der Waals surface area contributed by atoms with Gasteiger partial charge in [0, 0.05) is 6.07 Å². The van der Waals surface area contributed by atoms with Gasteiger partial charge in [-0.25, -0.2) is 19.3 Å². The second-order valence-corrected chi connectivity index (χ2v) is 7.70. The second kappa shape index (κ2) is 9.24. The van der Waals surface area contributed by atoms with Crippen molar-refractivity contribution in [3.8, 4) is 5.82 Å². The molecular weight excluding hydrogens is 435 g/mol. The van der Waals surface area contributed by atoms with E-state index in [1.54, 1.807) is 20.8 Å². The molecule has 2 rings (SSSR count). The molecule has 1 atom stereocenters. The van der Waals surface area contributed by atoms with Gasteiger partial charge < -0.3 is 20.5 Å². The summed E-state index contributed by atoms with van der Waals surface area (Å²) in [7, 11) is 0. The lowest BCUT2D eigenvalue weighted by Gasteiger charge is -2.21. The summed E-state index contributed by atoms with van der Waals surface area (Å²) < 4.78 is 44.4. The van der Waals surface area contributed by atoms with Crippen molar-refractivity contribution in [1.29, 1.82) is 0 Å². The number of aromatic carboxylic acids is 1. The number of hydrogen-bond donors (Lipinski definition) is 3. The molecule has 0 aliphatic heterocycles. The second-order valence-electron chi connectivity index (χ2n) is 7.70. The van der Waals surface area contributed by atoms with Crippen LogP contribution in [0.1, 0.15) is 49.6 Å². The van der Waals surface area contributed by atoms with Gasteiger partial charge in [-0.2, -0.15) is 18.3 Å². The Hall–Kier alpha value is -3.64. The Morgan fingerprint density at radius 2 is 1.88 bits per heavy atom. The summed E-state index contributed by atoms with van der Waals surface area (Å²) in [5, 5.41) is 17.4. The largest absolute Gasteiger partial charge is 0.477 e. The molecule has 0 saturated carbocycles. The quantitative estimate of drug-likeness (QED) is 0.607. The van der Waals surface area contributed by atoms with Crippen molar-refractivity contribution >= 4 is 18.0 Å². The van der Waals surface area contributed by atoms with Crippen LogP contribution in [0.3, 0.4) is 0 Å². The molecule has 0 bridgehead atoms. The summed E-state index contributed by atoms with van der Waals surface area (Å²) in [5.74, 6) is -2.35. The zero-order valence-electron chi connectivity index (χ0n) is 17.6. The van der Waals surface area contributed by atoms with Gasteiger partial charge >= 0.3 is 18.2 Å². The molecular formula is C19H22F3N5O5. The molecule has 2 amide bonds. The fourth-order valence-electron chi connectivity index (χ4n) is 2.41. The Morgan fingerprint density at radius 3 is 2.44 bits per heavy atom. The molecule has 2 aromatic rings. The maximum Gasteiger partial charge on any atom is 0.435 e. The third kappa shape index (κ3) is 6.68. The number of carboxylic acid groups (broad SMARTS) is 1. The number of alkyl carbamates (subject to hydrolysis) is 1. The average molecular weight is 457 g/mol. The molecule has 174 valence electrons. The van der Waals surface area contributed by atoms with Crippen molar-refractivity contribution in [2.24, 2.45) is 0 Å². The van der Waals surface area contributed by atoms with Gasteiger partial charge in [0.15, 0.2) is 17.2 Å². The standard InChI is InChI=1S/C19H22F3N5O5/c1-10(24-17(31)32-18(2,3)4)15(28)23-9-11-6-5-7-14(25-11)27-12(16(29)30)8-13(26-27)19(20,21)22/h5-8,10H,9H2,1-4H3,(H,23,28)(H,24,31)(H,29,30). The van der Waals surface area contributed by atoms with Gasteiger partial charge in [0.1, 0.15) is 11.6 Å². The highest BCUT2D eigenvalue weighted by atomic mass is 19.4. The number of alkyl halides is 3. The molecule has 0 aromatic carbocycles. The number of carboxylic acids is 1. The Balaban J connectivity index is 2.11. The van der Waals surface area contributed by atoms with Crippen LogP contribution in [-0.2, 0) is 22.3 Å². The smallest absolute Gasteiger partial charge is 0.435 e. The summed E-state index contributed by atoms with van der Waals surface area (Å²) >= 11 is 0. The fraction of sp³-hybridized carbons (Fsp3) is 0.421. The zero-order chi connectivity index (χ0) is 24.3. The molecule has 32 heavy (non-hydrogen) atoms. The van der Waals surface area contributed by atoms with Crippen LogP contribution in [0, 0.1) is 0 Å². The summed E-state index contributed by atoms with van der Waals surface area (Å²) in [4.78, 5) is 39.3. The van der Waals surface area contributed by atoms with E-state index >= 15 is 0 Å². The van der Waals surface area contributed by atoms with Crippen LogP contribution in [-0.4, -0.2) is 49.5 Å². The van der Waals surface area contributed by atoms with Crippen molar-refractivity contribution in [3.63, 3.8) is 0 Å². The number of carbonyl (C=O) groups is 3. The van der Waals surface area contributed by atoms with Crippen LogP contribution in [0.2, 0.25) is 0 Å². The van der Waals surface area contributed by atoms with Crippen molar-refractivity contribution < 1.29 is 37.4 Å². The molecule has 0 aliphatic carbocycles. The van der Waals surface area contributed by atoms with E-state index in [1.807, 2.05) is 0 Å².